The van der Waals surface area contributed by atoms with E-state index in [4.69, 9.17) is 10.5 Å². The lowest BCUT2D eigenvalue weighted by Crippen LogP contribution is -2.27. The number of aliphatic hydroxyl groups excluding tert-OH is 1. The fourth-order valence-electron chi connectivity index (χ4n) is 2.02. The van der Waals surface area contributed by atoms with Gasteiger partial charge in [-0.1, -0.05) is 38.1 Å². The molecule has 1 aromatic rings. The smallest absolute Gasteiger partial charge is 0.243 e. The summed E-state index contributed by atoms with van der Waals surface area (Å²) in [5.41, 5.74) is 7.13. The molecule has 1 atom stereocenters. The highest BCUT2D eigenvalue weighted by molar-refractivity contribution is 5.74. The van der Waals surface area contributed by atoms with E-state index < -0.39 is 12.0 Å². The predicted octanol–water partition coefficient (Wildman–Crippen LogP) is 1.01. The summed E-state index contributed by atoms with van der Waals surface area (Å²) >= 11 is 0. The summed E-state index contributed by atoms with van der Waals surface area (Å²) < 4.78 is 5.02. The van der Waals surface area contributed by atoms with E-state index in [-0.39, 0.29) is 6.61 Å². The van der Waals surface area contributed by atoms with Gasteiger partial charge in [-0.15, -0.1) is 0 Å². The molecule has 0 radical (unpaired) electrons. The minimum Gasteiger partial charge on any atom is -0.387 e. The van der Waals surface area contributed by atoms with Crippen LogP contribution in [0.2, 0.25) is 0 Å². The van der Waals surface area contributed by atoms with Gasteiger partial charge in [0.25, 0.3) is 0 Å². The molecule has 0 spiro atoms. The molecule has 0 aromatic heterocycles. The molecular weight excluding hydrogens is 268 g/mol. The van der Waals surface area contributed by atoms with Crippen molar-refractivity contribution in [2.24, 2.45) is 11.7 Å². The number of rotatable bonds is 10. The minimum atomic E-state index is -0.547. The Morgan fingerprint density at radius 1 is 1.33 bits per heavy atom. The van der Waals surface area contributed by atoms with Gasteiger partial charge in [-0.25, -0.2) is 0 Å². The van der Waals surface area contributed by atoms with Crippen molar-refractivity contribution in [1.82, 2.24) is 5.32 Å². The van der Waals surface area contributed by atoms with Crippen molar-refractivity contribution in [3.05, 3.63) is 35.4 Å². The number of nitrogens with two attached hydrogens (primary N) is 1. The number of hydrogen-bond donors (Lipinski definition) is 3. The van der Waals surface area contributed by atoms with Crippen LogP contribution in [0.3, 0.4) is 0 Å². The lowest BCUT2D eigenvalue weighted by Gasteiger charge is -2.13. The third kappa shape index (κ3) is 7.80. The zero-order chi connectivity index (χ0) is 15.7. The molecule has 0 bridgehead atoms. The van der Waals surface area contributed by atoms with E-state index in [1.165, 1.54) is 5.56 Å². The van der Waals surface area contributed by atoms with Crippen LogP contribution in [0.1, 0.15) is 31.1 Å². The van der Waals surface area contributed by atoms with Gasteiger partial charge in [-0.3, -0.25) is 4.79 Å². The number of benzene rings is 1. The predicted molar refractivity (Wildman–Crippen MR) is 82.8 cm³/mol. The first-order valence-electron chi connectivity index (χ1n) is 7.32. The van der Waals surface area contributed by atoms with Gasteiger partial charge in [0.2, 0.25) is 5.91 Å². The third-order valence-electron chi connectivity index (χ3n) is 3.01. The first kappa shape index (κ1) is 17.6. The maximum atomic E-state index is 10.5. The van der Waals surface area contributed by atoms with Crippen molar-refractivity contribution in [1.29, 1.82) is 0 Å². The largest absolute Gasteiger partial charge is 0.387 e. The standard InChI is InChI=1S/C16H26N2O3/c1-12(2)9-13-3-5-14(6-4-13)15(19)10-18-7-8-21-11-16(17)20/h3-6,12,15,18-19H,7-11H2,1-2H3,(H2,17,20). The van der Waals surface area contributed by atoms with Crippen LogP contribution in [-0.4, -0.2) is 37.3 Å². The summed E-state index contributed by atoms with van der Waals surface area (Å²) in [6, 6.07) is 8.06. The van der Waals surface area contributed by atoms with Crippen LogP contribution in [0.5, 0.6) is 0 Å². The number of aliphatic hydroxyl groups is 1. The Morgan fingerprint density at radius 2 is 2.00 bits per heavy atom. The van der Waals surface area contributed by atoms with Crippen LogP contribution in [0.15, 0.2) is 24.3 Å². The molecule has 0 saturated heterocycles. The Kier molecular flexibility index (Phi) is 7.97. The van der Waals surface area contributed by atoms with Crippen LogP contribution in [0.4, 0.5) is 0 Å². The summed E-state index contributed by atoms with van der Waals surface area (Å²) in [5.74, 6) is 0.152. The second kappa shape index (κ2) is 9.50. The number of carbonyl (C=O) groups excluding carboxylic acids is 1. The van der Waals surface area contributed by atoms with Crippen molar-refractivity contribution >= 4 is 5.91 Å². The fourth-order valence-corrected chi connectivity index (χ4v) is 2.02. The second-order valence-corrected chi connectivity index (χ2v) is 5.58. The van der Waals surface area contributed by atoms with E-state index in [0.29, 0.717) is 25.6 Å². The normalized spacial score (nSPS) is 12.6. The lowest BCUT2D eigenvalue weighted by atomic mass is 10.0. The first-order chi connectivity index (χ1) is 9.99. The minimum absolute atomic E-state index is 0.0679. The maximum absolute atomic E-state index is 10.5. The van der Waals surface area contributed by atoms with Crippen molar-refractivity contribution in [2.75, 3.05) is 26.3 Å². The Morgan fingerprint density at radius 3 is 2.57 bits per heavy atom. The van der Waals surface area contributed by atoms with E-state index in [9.17, 15) is 9.90 Å². The van der Waals surface area contributed by atoms with E-state index in [2.05, 4.69) is 31.3 Å². The highest BCUT2D eigenvalue weighted by Gasteiger charge is 2.07. The van der Waals surface area contributed by atoms with Crippen molar-refractivity contribution in [2.45, 2.75) is 26.4 Å². The highest BCUT2D eigenvalue weighted by Crippen LogP contribution is 2.15. The van der Waals surface area contributed by atoms with E-state index in [0.717, 1.165) is 12.0 Å². The van der Waals surface area contributed by atoms with Crippen molar-refractivity contribution in [3.8, 4) is 0 Å². The molecule has 1 unspecified atom stereocenters. The van der Waals surface area contributed by atoms with Gasteiger partial charge in [0.15, 0.2) is 0 Å². The van der Waals surface area contributed by atoms with Gasteiger partial charge in [0, 0.05) is 13.1 Å². The second-order valence-electron chi connectivity index (χ2n) is 5.58. The Hall–Kier alpha value is -1.43. The van der Waals surface area contributed by atoms with E-state index in [1.807, 2.05) is 12.1 Å². The van der Waals surface area contributed by atoms with E-state index in [1.54, 1.807) is 0 Å². The summed E-state index contributed by atoms with van der Waals surface area (Å²) in [4.78, 5) is 10.5. The van der Waals surface area contributed by atoms with Crippen molar-refractivity contribution in [3.63, 3.8) is 0 Å². The average molecular weight is 294 g/mol. The number of hydrogen-bond acceptors (Lipinski definition) is 4. The zero-order valence-corrected chi connectivity index (χ0v) is 12.8. The summed E-state index contributed by atoms with van der Waals surface area (Å²) in [6.07, 6.45) is 0.500. The van der Waals surface area contributed by atoms with Crippen LogP contribution in [0.25, 0.3) is 0 Å². The topological polar surface area (TPSA) is 84.6 Å². The first-order valence-corrected chi connectivity index (χ1v) is 7.32. The van der Waals surface area contributed by atoms with Crippen LogP contribution >= 0.6 is 0 Å². The van der Waals surface area contributed by atoms with Crippen LogP contribution in [-0.2, 0) is 16.0 Å². The lowest BCUT2D eigenvalue weighted by molar-refractivity contribution is -0.122. The monoisotopic (exact) mass is 294 g/mol. The molecule has 1 amide bonds. The van der Waals surface area contributed by atoms with Gasteiger partial charge in [-0.2, -0.15) is 0 Å². The molecular formula is C16H26N2O3. The SMILES string of the molecule is CC(C)Cc1ccc(C(O)CNCCOCC(N)=O)cc1. The van der Waals surface area contributed by atoms with Gasteiger partial charge in [0.05, 0.1) is 12.7 Å². The highest BCUT2D eigenvalue weighted by atomic mass is 16.5. The molecule has 0 aliphatic rings. The summed E-state index contributed by atoms with van der Waals surface area (Å²) in [6.45, 7) is 5.71. The fraction of sp³-hybridized carbons (Fsp3) is 0.562. The number of carbonyl (C=O) groups is 1. The zero-order valence-electron chi connectivity index (χ0n) is 12.8. The molecule has 0 saturated carbocycles. The van der Waals surface area contributed by atoms with E-state index >= 15 is 0 Å². The molecule has 118 valence electrons. The van der Waals surface area contributed by atoms with Crippen LogP contribution in [0, 0.1) is 5.92 Å². The van der Waals surface area contributed by atoms with Gasteiger partial charge in [-0.05, 0) is 23.5 Å². The molecule has 0 aliphatic carbocycles. The molecule has 1 rings (SSSR count). The Bertz CT molecular complexity index is 418. The molecule has 4 N–H and O–H groups in total. The molecule has 1 aromatic carbocycles. The maximum Gasteiger partial charge on any atom is 0.243 e. The number of amides is 1. The Labute approximate surface area is 126 Å². The molecule has 5 nitrogen and oxygen atoms in total. The summed E-state index contributed by atoms with van der Waals surface area (Å²) in [7, 11) is 0. The van der Waals surface area contributed by atoms with Gasteiger partial charge >= 0.3 is 0 Å². The quantitative estimate of drug-likeness (QED) is 0.562. The Balaban J connectivity index is 2.25. The van der Waals surface area contributed by atoms with Crippen molar-refractivity contribution < 1.29 is 14.6 Å². The molecule has 21 heavy (non-hydrogen) atoms. The average Bonchev–Trinajstić information content (AvgIpc) is 2.42. The summed E-state index contributed by atoms with van der Waals surface area (Å²) in [5, 5.41) is 13.1. The number of ether oxygens (including phenoxy) is 1. The third-order valence-corrected chi connectivity index (χ3v) is 3.01. The number of primary amides is 1. The van der Waals surface area contributed by atoms with Gasteiger partial charge < -0.3 is 20.9 Å². The van der Waals surface area contributed by atoms with Crippen LogP contribution < -0.4 is 11.1 Å². The molecule has 5 heteroatoms. The van der Waals surface area contributed by atoms with Gasteiger partial charge in [0.1, 0.15) is 6.61 Å². The molecule has 0 heterocycles. The molecule has 0 fully saturated rings. The molecule has 0 aliphatic heterocycles. The number of nitrogens with one attached hydrogen (secondary N) is 1.